The first kappa shape index (κ1) is 13.6. The van der Waals surface area contributed by atoms with Gasteiger partial charge in [-0.25, -0.2) is 4.79 Å². The first-order chi connectivity index (χ1) is 11.3. The van der Waals surface area contributed by atoms with Gasteiger partial charge in [-0.15, -0.1) is 0 Å². The van der Waals surface area contributed by atoms with Crippen LogP contribution in [-0.4, -0.2) is 15.6 Å². The molecule has 0 saturated carbocycles. The molecule has 1 heterocycles. The summed E-state index contributed by atoms with van der Waals surface area (Å²) in [6.07, 6.45) is 0. The maximum absolute atomic E-state index is 11.7. The van der Waals surface area contributed by atoms with Gasteiger partial charge in [0.15, 0.2) is 0 Å². The first-order valence-corrected chi connectivity index (χ1v) is 7.53. The highest BCUT2D eigenvalue weighted by atomic mass is 16.4. The second-order valence-corrected chi connectivity index (χ2v) is 5.60. The molecule has 0 unspecified atom stereocenters. The number of hydrogen-bond donors (Lipinski definition) is 1. The van der Waals surface area contributed by atoms with Crippen molar-refractivity contribution in [2.45, 2.75) is 6.54 Å². The van der Waals surface area contributed by atoms with E-state index in [-0.39, 0.29) is 0 Å². The van der Waals surface area contributed by atoms with Crippen molar-refractivity contribution in [1.82, 2.24) is 4.57 Å². The van der Waals surface area contributed by atoms with E-state index in [2.05, 4.69) is 16.7 Å². The summed E-state index contributed by atoms with van der Waals surface area (Å²) in [7, 11) is 0. The van der Waals surface area contributed by atoms with Gasteiger partial charge in [0.1, 0.15) is 0 Å². The number of carboxylic acid groups (broad SMARTS) is 1. The van der Waals surface area contributed by atoms with Crippen LogP contribution in [0.15, 0.2) is 72.8 Å². The van der Waals surface area contributed by atoms with Crippen LogP contribution in [0.4, 0.5) is 0 Å². The number of fused-ring (bicyclic) bond motifs is 3. The number of benzene rings is 3. The summed E-state index contributed by atoms with van der Waals surface area (Å²) in [6.45, 7) is 0.648. The summed E-state index contributed by atoms with van der Waals surface area (Å²) in [5.41, 5.74) is 3.33. The SMILES string of the molecule is O=C(O)c1cccc2c3ccccc3n(Cc3ccccc3)c12. The van der Waals surface area contributed by atoms with Crippen molar-refractivity contribution >= 4 is 27.8 Å². The summed E-state index contributed by atoms with van der Waals surface area (Å²) < 4.78 is 2.10. The lowest BCUT2D eigenvalue weighted by atomic mass is 10.1. The Morgan fingerprint density at radius 3 is 2.30 bits per heavy atom. The molecule has 4 rings (SSSR count). The average Bonchev–Trinajstić information content (AvgIpc) is 2.90. The lowest BCUT2D eigenvalue weighted by Gasteiger charge is -2.09. The fourth-order valence-corrected chi connectivity index (χ4v) is 3.21. The summed E-state index contributed by atoms with van der Waals surface area (Å²) in [5.74, 6) is -0.896. The largest absolute Gasteiger partial charge is 0.478 e. The molecule has 1 aromatic heterocycles. The van der Waals surface area contributed by atoms with Crippen LogP contribution in [0.1, 0.15) is 15.9 Å². The predicted molar refractivity (Wildman–Crippen MR) is 91.9 cm³/mol. The smallest absolute Gasteiger partial charge is 0.337 e. The molecule has 3 nitrogen and oxygen atoms in total. The number of rotatable bonds is 3. The number of aromatic nitrogens is 1. The second kappa shape index (κ2) is 5.29. The molecule has 23 heavy (non-hydrogen) atoms. The Kier molecular flexibility index (Phi) is 3.12. The summed E-state index contributed by atoms with van der Waals surface area (Å²) in [4.78, 5) is 11.7. The van der Waals surface area contributed by atoms with Crippen molar-refractivity contribution < 1.29 is 9.90 Å². The standard InChI is InChI=1S/C20H15NO2/c22-20(23)17-11-6-10-16-15-9-4-5-12-18(15)21(19(16)17)13-14-7-2-1-3-8-14/h1-12H,13H2,(H,22,23). The monoisotopic (exact) mass is 301 g/mol. The topological polar surface area (TPSA) is 42.2 Å². The minimum atomic E-state index is -0.896. The first-order valence-electron chi connectivity index (χ1n) is 7.53. The molecule has 0 fully saturated rings. The van der Waals surface area contributed by atoms with Crippen LogP contribution in [0.5, 0.6) is 0 Å². The quantitative estimate of drug-likeness (QED) is 0.603. The number of nitrogens with zero attached hydrogens (tertiary/aromatic N) is 1. The number of hydrogen-bond acceptors (Lipinski definition) is 1. The van der Waals surface area contributed by atoms with Crippen LogP contribution in [0, 0.1) is 0 Å². The Morgan fingerprint density at radius 2 is 1.52 bits per heavy atom. The lowest BCUT2D eigenvalue weighted by molar-refractivity contribution is 0.0698. The average molecular weight is 301 g/mol. The van der Waals surface area contributed by atoms with Gasteiger partial charge in [0.2, 0.25) is 0 Å². The maximum Gasteiger partial charge on any atom is 0.337 e. The number of aromatic carboxylic acids is 1. The number of para-hydroxylation sites is 2. The van der Waals surface area contributed by atoms with Gasteiger partial charge in [0, 0.05) is 22.8 Å². The third-order valence-corrected chi connectivity index (χ3v) is 4.20. The fourth-order valence-electron chi connectivity index (χ4n) is 3.21. The molecule has 4 aromatic rings. The van der Waals surface area contributed by atoms with Gasteiger partial charge in [-0.3, -0.25) is 0 Å². The van der Waals surface area contributed by atoms with Crippen LogP contribution in [0.25, 0.3) is 21.8 Å². The van der Waals surface area contributed by atoms with Crippen molar-refractivity contribution in [3.63, 3.8) is 0 Å². The molecule has 1 N–H and O–H groups in total. The molecule has 3 aromatic carbocycles. The van der Waals surface area contributed by atoms with E-state index in [9.17, 15) is 9.90 Å². The van der Waals surface area contributed by atoms with Gasteiger partial charge in [-0.2, -0.15) is 0 Å². The molecular formula is C20H15NO2. The van der Waals surface area contributed by atoms with E-state index in [4.69, 9.17) is 0 Å². The molecule has 0 spiro atoms. The van der Waals surface area contributed by atoms with Gasteiger partial charge in [-0.1, -0.05) is 60.7 Å². The lowest BCUT2D eigenvalue weighted by Crippen LogP contribution is -2.04. The molecule has 0 aliphatic rings. The third kappa shape index (κ3) is 2.18. The molecule has 0 atom stereocenters. The highest BCUT2D eigenvalue weighted by molar-refractivity contribution is 6.14. The molecule has 0 saturated heterocycles. The van der Waals surface area contributed by atoms with E-state index in [0.717, 1.165) is 27.4 Å². The van der Waals surface area contributed by atoms with E-state index in [1.807, 2.05) is 54.6 Å². The molecule has 0 amide bonds. The molecule has 0 bridgehead atoms. The summed E-state index contributed by atoms with van der Waals surface area (Å²) >= 11 is 0. The Bertz CT molecular complexity index is 1020. The zero-order valence-electron chi connectivity index (χ0n) is 12.4. The van der Waals surface area contributed by atoms with E-state index in [0.29, 0.717) is 12.1 Å². The highest BCUT2D eigenvalue weighted by Gasteiger charge is 2.17. The zero-order chi connectivity index (χ0) is 15.8. The van der Waals surface area contributed by atoms with Crippen LogP contribution in [0.3, 0.4) is 0 Å². The van der Waals surface area contributed by atoms with Crippen molar-refractivity contribution in [2.75, 3.05) is 0 Å². The van der Waals surface area contributed by atoms with Crippen molar-refractivity contribution in [1.29, 1.82) is 0 Å². The van der Waals surface area contributed by atoms with Crippen molar-refractivity contribution in [3.05, 3.63) is 83.9 Å². The molecule has 0 radical (unpaired) electrons. The molecule has 3 heteroatoms. The van der Waals surface area contributed by atoms with Gasteiger partial charge < -0.3 is 9.67 Å². The van der Waals surface area contributed by atoms with E-state index >= 15 is 0 Å². The van der Waals surface area contributed by atoms with Crippen LogP contribution in [0.2, 0.25) is 0 Å². The molecule has 0 aliphatic carbocycles. The van der Waals surface area contributed by atoms with E-state index < -0.39 is 5.97 Å². The Labute approximate surface area is 133 Å². The second-order valence-electron chi connectivity index (χ2n) is 5.60. The van der Waals surface area contributed by atoms with E-state index in [1.54, 1.807) is 6.07 Å². The number of carbonyl (C=O) groups is 1. The van der Waals surface area contributed by atoms with Gasteiger partial charge in [0.25, 0.3) is 0 Å². The zero-order valence-corrected chi connectivity index (χ0v) is 12.4. The van der Waals surface area contributed by atoms with Gasteiger partial charge in [-0.05, 0) is 17.7 Å². The van der Waals surface area contributed by atoms with Crippen LogP contribution >= 0.6 is 0 Å². The minimum Gasteiger partial charge on any atom is -0.478 e. The van der Waals surface area contributed by atoms with Gasteiger partial charge in [0.05, 0.1) is 11.1 Å². The molecular weight excluding hydrogens is 286 g/mol. The maximum atomic E-state index is 11.7. The Morgan fingerprint density at radius 1 is 0.826 bits per heavy atom. The number of carboxylic acids is 1. The normalized spacial score (nSPS) is 11.1. The van der Waals surface area contributed by atoms with Crippen molar-refractivity contribution in [2.24, 2.45) is 0 Å². The summed E-state index contributed by atoms with van der Waals surface area (Å²) in [5, 5.41) is 11.7. The van der Waals surface area contributed by atoms with Crippen molar-refractivity contribution in [3.8, 4) is 0 Å². The third-order valence-electron chi connectivity index (χ3n) is 4.20. The van der Waals surface area contributed by atoms with Gasteiger partial charge >= 0.3 is 5.97 Å². The predicted octanol–water partition coefficient (Wildman–Crippen LogP) is 4.54. The van der Waals surface area contributed by atoms with E-state index in [1.165, 1.54) is 0 Å². The Hall–Kier alpha value is -3.07. The van der Waals surface area contributed by atoms with Crippen LogP contribution in [-0.2, 0) is 6.54 Å². The molecule has 112 valence electrons. The van der Waals surface area contributed by atoms with Crippen LogP contribution < -0.4 is 0 Å². The molecule has 0 aliphatic heterocycles. The summed E-state index contributed by atoms with van der Waals surface area (Å²) in [6, 6.07) is 23.6. The minimum absolute atomic E-state index is 0.342. The highest BCUT2D eigenvalue weighted by Crippen LogP contribution is 2.31. The Balaban J connectivity index is 2.08. The fraction of sp³-hybridized carbons (Fsp3) is 0.0500.